The van der Waals surface area contributed by atoms with E-state index in [1.807, 2.05) is 6.92 Å². The molecule has 6 heteroatoms. The molecule has 114 valence electrons. The molecule has 0 saturated carbocycles. The van der Waals surface area contributed by atoms with E-state index in [0.29, 0.717) is 23.0 Å². The van der Waals surface area contributed by atoms with E-state index in [9.17, 15) is 8.42 Å². The maximum absolute atomic E-state index is 12.4. The lowest BCUT2D eigenvalue weighted by Crippen LogP contribution is -2.27. The van der Waals surface area contributed by atoms with Crippen molar-refractivity contribution < 1.29 is 8.42 Å². The molecule has 0 aliphatic heterocycles. The first-order valence-corrected chi connectivity index (χ1v) is 8.70. The van der Waals surface area contributed by atoms with Crippen LogP contribution in [-0.2, 0) is 16.6 Å². The molecule has 0 unspecified atom stereocenters. The molecule has 0 radical (unpaired) electrons. The highest BCUT2D eigenvalue weighted by molar-refractivity contribution is 7.89. The number of halogens is 1. The second kappa shape index (κ2) is 7.98. The first-order valence-electron chi connectivity index (χ1n) is 6.89. The predicted molar refractivity (Wildman–Crippen MR) is 83.6 cm³/mol. The number of sulfonamides is 1. The van der Waals surface area contributed by atoms with Gasteiger partial charge >= 0.3 is 0 Å². The summed E-state index contributed by atoms with van der Waals surface area (Å²) < 4.78 is 26.1. The number of hydrogen-bond acceptors (Lipinski definition) is 3. The van der Waals surface area contributed by atoms with E-state index in [2.05, 4.69) is 12.2 Å². The smallest absolute Gasteiger partial charge is 0.242 e. The number of benzene rings is 1. The Labute approximate surface area is 127 Å². The minimum Gasteiger partial charge on any atom is -0.313 e. The zero-order valence-electron chi connectivity index (χ0n) is 12.3. The highest BCUT2D eigenvalue weighted by Crippen LogP contribution is 2.22. The van der Waals surface area contributed by atoms with Crippen LogP contribution in [0.4, 0.5) is 0 Å². The molecular weight excluding hydrogens is 296 g/mol. The van der Waals surface area contributed by atoms with E-state index in [1.54, 1.807) is 25.2 Å². The Balaban J connectivity index is 2.99. The van der Waals surface area contributed by atoms with Crippen LogP contribution in [0.3, 0.4) is 0 Å². The molecule has 20 heavy (non-hydrogen) atoms. The minimum atomic E-state index is -3.42. The van der Waals surface area contributed by atoms with Crippen LogP contribution in [0.5, 0.6) is 0 Å². The molecule has 1 rings (SSSR count). The van der Waals surface area contributed by atoms with Crippen molar-refractivity contribution in [3.63, 3.8) is 0 Å². The summed E-state index contributed by atoms with van der Waals surface area (Å²) in [5, 5.41) is 3.82. The van der Waals surface area contributed by atoms with Crippen molar-refractivity contribution in [1.29, 1.82) is 0 Å². The predicted octanol–water partition coefficient (Wildman–Crippen LogP) is 2.87. The van der Waals surface area contributed by atoms with Crippen LogP contribution < -0.4 is 5.32 Å². The van der Waals surface area contributed by atoms with Gasteiger partial charge in [0.1, 0.15) is 0 Å². The number of rotatable bonds is 8. The van der Waals surface area contributed by atoms with Gasteiger partial charge in [0.15, 0.2) is 0 Å². The summed E-state index contributed by atoms with van der Waals surface area (Å²) >= 11 is 6.12. The molecule has 0 aromatic heterocycles. The van der Waals surface area contributed by atoms with Crippen molar-refractivity contribution in [2.24, 2.45) is 0 Å². The Morgan fingerprint density at radius 3 is 2.55 bits per heavy atom. The van der Waals surface area contributed by atoms with Crippen LogP contribution in [0.25, 0.3) is 0 Å². The summed E-state index contributed by atoms with van der Waals surface area (Å²) in [6.45, 7) is 5.99. The van der Waals surface area contributed by atoms with E-state index in [-0.39, 0.29) is 0 Å². The molecule has 1 aromatic rings. The second-order valence-corrected chi connectivity index (χ2v) is 7.21. The van der Waals surface area contributed by atoms with Crippen LogP contribution in [-0.4, -0.2) is 32.9 Å². The molecule has 0 saturated heterocycles. The van der Waals surface area contributed by atoms with Gasteiger partial charge in [0.05, 0.1) is 4.90 Å². The SMILES string of the molecule is CCCNCc1cc(S(=O)(=O)N(C)CCC)ccc1Cl. The maximum Gasteiger partial charge on any atom is 0.242 e. The largest absolute Gasteiger partial charge is 0.313 e. The van der Waals surface area contributed by atoms with E-state index in [1.165, 1.54) is 4.31 Å². The number of hydrogen-bond donors (Lipinski definition) is 1. The molecular formula is C14H23ClN2O2S. The lowest BCUT2D eigenvalue weighted by Gasteiger charge is -2.17. The molecule has 0 spiro atoms. The van der Waals surface area contributed by atoms with Crippen LogP contribution in [0.2, 0.25) is 5.02 Å². The Bertz CT molecular complexity index is 532. The van der Waals surface area contributed by atoms with Gasteiger partial charge in [0, 0.05) is 25.2 Å². The van der Waals surface area contributed by atoms with Crippen molar-refractivity contribution in [3.8, 4) is 0 Å². The lowest BCUT2D eigenvalue weighted by molar-refractivity contribution is 0.468. The van der Waals surface area contributed by atoms with Crippen LogP contribution in [0.15, 0.2) is 23.1 Å². The highest BCUT2D eigenvalue weighted by Gasteiger charge is 2.20. The quantitative estimate of drug-likeness (QED) is 0.750. The summed E-state index contributed by atoms with van der Waals surface area (Å²) in [6, 6.07) is 4.87. The van der Waals surface area contributed by atoms with Gasteiger partial charge < -0.3 is 5.32 Å². The van der Waals surface area contributed by atoms with Gasteiger partial charge in [-0.2, -0.15) is 0 Å². The van der Waals surface area contributed by atoms with Gasteiger partial charge in [-0.15, -0.1) is 0 Å². The Morgan fingerprint density at radius 2 is 1.95 bits per heavy atom. The molecule has 0 aliphatic carbocycles. The van der Waals surface area contributed by atoms with Gasteiger partial charge in [0.25, 0.3) is 0 Å². The first-order chi connectivity index (χ1) is 9.43. The Hall–Kier alpha value is -0.620. The zero-order valence-corrected chi connectivity index (χ0v) is 13.9. The fourth-order valence-corrected chi connectivity index (χ4v) is 3.36. The first kappa shape index (κ1) is 17.4. The summed E-state index contributed by atoms with van der Waals surface area (Å²) in [5.74, 6) is 0. The van der Waals surface area contributed by atoms with E-state index in [0.717, 1.165) is 24.9 Å². The van der Waals surface area contributed by atoms with Gasteiger partial charge in [-0.25, -0.2) is 12.7 Å². The highest BCUT2D eigenvalue weighted by atomic mass is 35.5. The van der Waals surface area contributed by atoms with Gasteiger partial charge in [0.2, 0.25) is 10.0 Å². The Kier molecular flexibility index (Phi) is 6.95. The summed E-state index contributed by atoms with van der Waals surface area (Å²) in [7, 11) is -1.82. The van der Waals surface area contributed by atoms with Crippen molar-refractivity contribution in [2.45, 2.75) is 38.1 Å². The Morgan fingerprint density at radius 1 is 1.25 bits per heavy atom. The molecule has 0 bridgehead atoms. The summed E-state index contributed by atoms with van der Waals surface area (Å²) in [6.07, 6.45) is 1.81. The van der Waals surface area contributed by atoms with Crippen molar-refractivity contribution in [2.75, 3.05) is 20.1 Å². The molecule has 0 fully saturated rings. The third-order valence-electron chi connectivity index (χ3n) is 3.01. The molecule has 0 amide bonds. The molecule has 1 N–H and O–H groups in total. The number of nitrogens with zero attached hydrogens (tertiary/aromatic N) is 1. The fraction of sp³-hybridized carbons (Fsp3) is 0.571. The summed E-state index contributed by atoms with van der Waals surface area (Å²) in [4.78, 5) is 0.297. The molecule has 1 aromatic carbocycles. The minimum absolute atomic E-state index is 0.297. The van der Waals surface area contributed by atoms with Crippen molar-refractivity contribution in [1.82, 2.24) is 9.62 Å². The van der Waals surface area contributed by atoms with E-state index < -0.39 is 10.0 Å². The maximum atomic E-state index is 12.4. The van der Waals surface area contributed by atoms with E-state index in [4.69, 9.17) is 11.6 Å². The van der Waals surface area contributed by atoms with Crippen LogP contribution in [0.1, 0.15) is 32.3 Å². The van der Waals surface area contributed by atoms with Gasteiger partial charge in [-0.3, -0.25) is 0 Å². The fourth-order valence-electron chi connectivity index (χ4n) is 1.86. The molecule has 0 heterocycles. The van der Waals surface area contributed by atoms with Crippen molar-refractivity contribution in [3.05, 3.63) is 28.8 Å². The number of nitrogens with one attached hydrogen (secondary N) is 1. The summed E-state index contributed by atoms with van der Waals surface area (Å²) in [5.41, 5.74) is 0.811. The van der Waals surface area contributed by atoms with Crippen LogP contribution in [0, 0.1) is 0 Å². The van der Waals surface area contributed by atoms with E-state index >= 15 is 0 Å². The molecule has 0 atom stereocenters. The van der Waals surface area contributed by atoms with Gasteiger partial charge in [-0.1, -0.05) is 25.4 Å². The van der Waals surface area contributed by atoms with Crippen molar-refractivity contribution >= 4 is 21.6 Å². The van der Waals surface area contributed by atoms with Gasteiger partial charge in [-0.05, 0) is 43.1 Å². The molecule has 0 aliphatic rings. The lowest BCUT2D eigenvalue weighted by atomic mass is 10.2. The topological polar surface area (TPSA) is 49.4 Å². The standard InChI is InChI=1S/C14H23ClN2O2S/c1-4-8-16-11-12-10-13(6-7-14(12)15)20(18,19)17(3)9-5-2/h6-7,10,16H,4-5,8-9,11H2,1-3H3. The average Bonchev–Trinajstić information content (AvgIpc) is 2.41. The monoisotopic (exact) mass is 318 g/mol. The molecule has 4 nitrogen and oxygen atoms in total. The normalized spacial score (nSPS) is 12.1. The average molecular weight is 319 g/mol. The zero-order chi connectivity index (χ0) is 15.2. The second-order valence-electron chi connectivity index (χ2n) is 4.76. The third kappa shape index (κ3) is 4.45. The third-order valence-corrected chi connectivity index (χ3v) is 5.23. The van der Waals surface area contributed by atoms with Crippen LogP contribution >= 0.6 is 11.6 Å².